The maximum atomic E-state index is 12.2. The Labute approximate surface area is 153 Å². The quantitative estimate of drug-likeness (QED) is 0.807. The van der Waals surface area contributed by atoms with E-state index < -0.39 is 10.0 Å². The van der Waals surface area contributed by atoms with Gasteiger partial charge in [0.2, 0.25) is 15.9 Å². The van der Waals surface area contributed by atoms with E-state index in [4.69, 9.17) is 23.2 Å². The lowest BCUT2D eigenvalue weighted by Crippen LogP contribution is -2.44. The summed E-state index contributed by atoms with van der Waals surface area (Å²) >= 11 is 11.8. The molecule has 1 aromatic carbocycles. The van der Waals surface area contributed by atoms with Gasteiger partial charge in [-0.05, 0) is 30.5 Å². The minimum Gasteiger partial charge on any atom is -0.352 e. The van der Waals surface area contributed by atoms with Crippen molar-refractivity contribution in [3.63, 3.8) is 0 Å². The van der Waals surface area contributed by atoms with Crippen LogP contribution in [0.3, 0.4) is 0 Å². The summed E-state index contributed by atoms with van der Waals surface area (Å²) < 4.78 is 25.1. The number of carbonyl (C=O) groups excluding carboxylic acids is 1. The lowest BCUT2D eigenvalue weighted by atomic mass is 9.95. The molecule has 1 aliphatic carbocycles. The molecular weight excluding hydrogens is 371 g/mol. The van der Waals surface area contributed by atoms with Crippen molar-refractivity contribution in [3.05, 3.63) is 33.8 Å². The molecule has 24 heavy (non-hydrogen) atoms. The van der Waals surface area contributed by atoms with E-state index in [2.05, 4.69) is 5.32 Å². The molecule has 1 N–H and O–H groups in total. The molecule has 134 valence electrons. The van der Waals surface area contributed by atoms with Gasteiger partial charge in [0.1, 0.15) is 0 Å². The molecule has 1 fully saturated rings. The Hall–Kier alpha value is -0.820. The van der Waals surface area contributed by atoms with Crippen LogP contribution in [0.25, 0.3) is 0 Å². The van der Waals surface area contributed by atoms with Crippen LogP contribution in [0.15, 0.2) is 18.2 Å². The number of sulfonamides is 1. The van der Waals surface area contributed by atoms with Crippen LogP contribution in [0.5, 0.6) is 0 Å². The second-order valence-corrected chi connectivity index (χ2v) is 8.98. The highest BCUT2D eigenvalue weighted by atomic mass is 35.5. The van der Waals surface area contributed by atoms with Gasteiger partial charge in [-0.2, -0.15) is 4.31 Å². The Bertz CT molecular complexity index is 689. The van der Waals surface area contributed by atoms with Crippen molar-refractivity contribution in [1.29, 1.82) is 0 Å². The zero-order valence-electron chi connectivity index (χ0n) is 13.6. The molecule has 0 bridgehead atoms. The summed E-state index contributed by atoms with van der Waals surface area (Å²) in [6.45, 7) is -0.122. The van der Waals surface area contributed by atoms with Crippen LogP contribution < -0.4 is 5.32 Å². The number of halogens is 2. The van der Waals surface area contributed by atoms with Crippen molar-refractivity contribution in [2.45, 2.75) is 44.7 Å². The van der Waals surface area contributed by atoms with Crippen LogP contribution in [0, 0.1) is 0 Å². The summed E-state index contributed by atoms with van der Waals surface area (Å²) in [6.07, 6.45) is 6.40. The normalized spacial score (nSPS) is 16.3. The molecule has 1 amide bonds. The second-order valence-electron chi connectivity index (χ2n) is 6.18. The highest BCUT2D eigenvalue weighted by Crippen LogP contribution is 2.23. The monoisotopic (exact) mass is 392 g/mol. The van der Waals surface area contributed by atoms with Gasteiger partial charge >= 0.3 is 0 Å². The van der Waals surface area contributed by atoms with Crippen LogP contribution in [0.2, 0.25) is 10.0 Å². The maximum Gasteiger partial charge on any atom is 0.235 e. The highest BCUT2D eigenvalue weighted by Gasteiger charge is 2.23. The molecule has 1 aromatic rings. The van der Waals surface area contributed by atoms with Crippen LogP contribution in [0.1, 0.15) is 37.7 Å². The molecule has 5 nitrogen and oxygen atoms in total. The van der Waals surface area contributed by atoms with Gasteiger partial charge in [-0.1, -0.05) is 48.5 Å². The van der Waals surface area contributed by atoms with Crippen molar-refractivity contribution in [2.24, 2.45) is 0 Å². The summed E-state index contributed by atoms with van der Waals surface area (Å²) in [5.41, 5.74) is 0.681. The van der Waals surface area contributed by atoms with Gasteiger partial charge < -0.3 is 5.32 Å². The standard InChI is InChI=1S/C16H22Cl2N2O3S/c1-24(22,23)20(10-12-7-8-14(17)15(18)9-12)11-16(21)19-13-5-3-2-4-6-13/h7-9,13H,2-6,10-11H2,1H3,(H,19,21). The van der Waals surface area contributed by atoms with E-state index in [1.807, 2.05) is 0 Å². The molecular formula is C16H22Cl2N2O3S. The largest absolute Gasteiger partial charge is 0.352 e. The van der Waals surface area contributed by atoms with Gasteiger partial charge in [0.05, 0.1) is 22.8 Å². The number of benzene rings is 1. The Morgan fingerprint density at radius 1 is 1.21 bits per heavy atom. The van der Waals surface area contributed by atoms with Gasteiger partial charge in [-0.15, -0.1) is 0 Å². The van der Waals surface area contributed by atoms with Crippen LogP contribution in [-0.4, -0.2) is 37.5 Å². The third-order valence-corrected chi connectivity index (χ3v) is 6.04. The smallest absolute Gasteiger partial charge is 0.235 e. The number of carbonyl (C=O) groups is 1. The van der Waals surface area contributed by atoms with E-state index in [9.17, 15) is 13.2 Å². The molecule has 0 unspecified atom stereocenters. The van der Waals surface area contributed by atoms with Gasteiger partial charge in [-0.25, -0.2) is 8.42 Å². The Morgan fingerprint density at radius 2 is 1.88 bits per heavy atom. The summed E-state index contributed by atoms with van der Waals surface area (Å²) in [5.74, 6) is -0.271. The molecule has 0 radical (unpaired) electrons. The van der Waals surface area contributed by atoms with E-state index in [1.165, 1.54) is 6.42 Å². The van der Waals surface area contributed by atoms with Gasteiger partial charge in [0, 0.05) is 12.6 Å². The number of hydrogen-bond donors (Lipinski definition) is 1. The number of nitrogens with one attached hydrogen (secondary N) is 1. The Kier molecular flexibility index (Phi) is 6.92. The van der Waals surface area contributed by atoms with E-state index in [0.29, 0.717) is 15.6 Å². The summed E-state index contributed by atoms with van der Waals surface area (Å²) in [7, 11) is -3.53. The first-order chi connectivity index (χ1) is 11.3. The van der Waals surface area contributed by atoms with E-state index in [1.54, 1.807) is 18.2 Å². The van der Waals surface area contributed by atoms with Crippen molar-refractivity contribution in [1.82, 2.24) is 9.62 Å². The lowest BCUT2D eigenvalue weighted by Gasteiger charge is -2.25. The second kappa shape index (κ2) is 8.52. The van der Waals surface area contributed by atoms with Crippen molar-refractivity contribution in [2.75, 3.05) is 12.8 Å². The number of nitrogens with zero attached hydrogens (tertiary/aromatic N) is 1. The van der Waals surface area contributed by atoms with Crippen molar-refractivity contribution >= 4 is 39.1 Å². The molecule has 1 aliphatic rings. The van der Waals surface area contributed by atoms with Gasteiger partial charge in [0.15, 0.2) is 0 Å². The van der Waals surface area contributed by atoms with Gasteiger partial charge in [-0.3, -0.25) is 4.79 Å². The fourth-order valence-corrected chi connectivity index (χ4v) is 3.87. The molecule has 1 saturated carbocycles. The van der Waals surface area contributed by atoms with Crippen LogP contribution in [-0.2, 0) is 21.4 Å². The first kappa shape index (κ1) is 19.5. The number of hydrogen-bond acceptors (Lipinski definition) is 3. The fraction of sp³-hybridized carbons (Fsp3) is 0.562. The third kappa shape index (κ3) is 5.92. The molecule has 2 rings (SSSR count). The minimum absolute atomic E-state index is 0.0772. The Balaban J connectivity index is 2.02. The van der Waals surface area contributed by atoms with E-state index >= 15 is 0 Å². The predicted molar refractivity (Wildman–Crippen MR) is 96.7 cm³/mol. The first-order valence-corrected chi connectivity index (χ1v) is 10.5. The summed E-state index contributed by atoms with van der Waals surface area (Å²) in [6, 6.07) is 5.08. The van der Waals surface area contributed by atoms with E-state index in [-0.39, 0.29) is 25.0 Å². The molecule has 0 aromatic heterocycles. The fourth-order valence-electron chi connectivity index (χ4n) is 2.81. The Morgan fingerprint density at radius 3 is 2.46 bits per heavy atom. The first-order valence-electron chi connectivity index (χ1n) is 7.94. The molecule has 0 atom stereocenters. The van der Waals surface area contributed by atoms with Crippen LogP contribution >= 0.6 is 23.2 Å². The topological polar surface area (TPSA) is 66.5 Å². The van der Waals surface area contributed by atoms with Gasteiger partial charge in [0.25, 0.3) is 0 Å². The molecule has 0 saturated heterocycles. The zero-order valence-corrected chi connectivity index (χ0v) is 15.9. The average molecular weight is 393 g/mol. The highest BCUT2D eigenvalue weighted by molar-refractivity contribution is 7.88. The minimum atomic E-state index is -3.53. The summed E-state index contributed by atoms with van der Waals surface area (Å²) in [5, 5.41) is 3.70. The molecule has 0 heterocycles. The molecule has 0 aliphatic heterocycles. The number of amides is 1. The number of rotatable bonds is 6. The van der Waals surface area contributed by atoms with E-state index in [0.717, 1.165) is 36.2 Å². The SMILES string of the molecule is CS(=O)(=O)N(CC(=O)NC1CCCCC1)Cc1ccc(Cl)c(Cl)c1. The zero-order chi connectivity index (χ0) is 17.7. The van der Waals surface area contributed by atoms with Crippen molar-refractivity contribution in [3.8, 4) is 0 Å². The lowest BCUT2D eigenvalue weighted by molar-refractivity contribution is -0.122. The van der Waals surface area contributed by atoms with Crippen LogP contribution in [0.4, 0.5) is 0 Å². The van der Waals surface area contributed by atoms with Crippen molar-refractivity contribution < 1.29 is 13.2 Å². The maximum absolute atomic E-state index is 12.2. The molecule has 8 heteroatoms. The summed E-state index contributed by atoms with van der Waals surface area (Å²) in [4.78, 5) is 12.2. The predicted octanol–water partition coefficient (Wildman–Crippen LogP) is 3.20. The molecule has 0 spiro atoms. The third-order valence-electron chi connectivity index (χ3n) is 4.10. The average Bonchev–Trinajstić information content (AvgIpc) is 2.50.